The molecule has 29 heavy (non-hydrogen) atoms. The number of H-pyrrole nitrogens is 1. The number of carbonyl (C=O) groups excluding carboxylic acids is 1. The Kier molecular flexibility index (Phi) is 6.02. The van der Waals surface area contributed by atoms with E-state index in [4.69, 9.17) is 16.3 Å². The summed E-state index contributed by atoms with van der Waals surface area (Å²) in [5.41, 5.74) is 1.48. The van der Waals surface area contributed by atoms with Crippen LogP contribution in [0, 0.1) is 0 Å². The van der Waals surface area contributed by atoms with Gasteiger partial charge in [-0.1, -0.05) is 35.9 Å². The lowest BCUT2D eigenvalue weighted by Gasteiger charge is -2.34. The smallest absolute Gasteiger partial charge is 0.253 e. The van der Waals surface area contributed by atoms with Crippen LogP contribution < -0.4 is 4.74 Å². The van der Waals surface area contributed by atoms with Crippen LogP contribution in [0.1, 0.15) is 10.4 Å². The van der Waals surface area contributed by atoms with E-state index in [1.54, 1.807) is 12.1 Å². The van der Waals surface area contributed by atoms with Crippen molar-refractivity contribution >= 4 is 17.5 Å². The van der Waals surface area contributed by atoms with Crippen molar-refractivity contribution < 1.29 is 9.53 Å². The molecule has 0 unspecified atom stereocenters. The third-order valence-corrected chi connectivity index (χ3v) is 5.21. The van der Waals surface area contributed by atoms with E-state index < -0.39 is 0 Å². The third-order valence-electron chi connectivity index (χ3n) is 4.90. The van der Waals surface area contributed by atoms with E-state index in [9.17, 15) is 4.79 Å². The molecule has 9 heteroatoms. The Morgan fingerprint density at radius 2 is 1.83 bits per heavy atom. The normalized spacial score (nSPS) is 14.7. The highest BCUT2D eigenvalue weighted by Crippen LogP contribution is 2.23. The number of rotatable bonds is 6. The molecule has 4 rings (SSSR count). The lowest BCUT2D eigenvalue weighted by atomic mass is 10.1. The fourth-order valence-corrected chi connectivity index (χ4v) is 3.44. The van der Waals surface area contributed by atoms with Crippen LogP contribution in [0.3, 0.4) is 0 Å². The summed E-state index contributed by atoms with van der Waals surface area (Å²) in [6.07, 6.45) is 0. The third kappa shape index (κ3) is 4.72. The van der Waals surface area contributed by atoms with E-state index in [1.165, 1.54) is 0 Å². The highest BCUT2D eigenvalue weighted by molar-refractivity contribution is 6.32. The number of aromatic nitrogens is 4. The second-order valence-electron chi connectivity index (χ2n) is 6.73. The van der Waals surface area contributed by atoms with Crippen molar-refractivity contribution in [2.75, 3.05) is 39.3 Å². The minimum Gasteiger partial charge on any atom is -0.491 e. The fraction of sp³-hybridized carbons (Fsp3) is 0.300. The van der Waals surface area contributed by atoms with E-state index in [0.29, 0.717) is 41.9 Å². The van der Waals surface area contributed by atoms with Gasteiger partial charge in [-0.3, -0.25) is 9.69 Å². The first-order valence-electron chi connectivity index (χ1n) is 9.43. The largest absolute Gasteiger partial charge is 0.491 e. The van der Waals surface area contributed by atoms with Crippen LogP contribution >= 0.6 is 11.6 Å². The molecule has 1 aromatic heterocycles. The maximum Gasteiger partial charge on any atom is 0.253 e. The van der Waals surface area contributed by atoms with Crippen LogP contribution in [-0.2, 0) is 0 Å². The predicted octanol–water partition coefficient (Wildman–Crippen LogP) is 2.36. The van der Waals surface area contributed by atoms with Gasteiger partial charge >= 0.3 is 0 Å². The Morgan fingerprint density at radius 1 is 1.07 bits per heavy atom. The molecular weight excluding hydrogens is 392 g/mol. The highest BCUT2D eigenvalue weighted by atomic mass is 35.5. The Hall–Kier alpha value is -2.97. The SMILES string of the molecule is O=C(c1ccc(-c2nn[nH]n2)cc1)N1CCN(CCOc2ccccc2Cl)CC1. The number of piperazine rings is 1. The molecule has 0 radical (unpaired) electrons. The summed E-state index contributed by atoms with van der Waals surface area (Å²) in [7, 11) is 0. The molecular formula is C20H21ClN6O2. The van der Waals surface area contributed by atoms with Gasteiger partial charge in [0.1, 0.15) is 12.4 Å². The van der Waals surface area contributed by atoms with Gasteiger partial charge in [-0.15, -0.1) is 10.2 Å². The number of tetrazole rings is 1. The molecule has 0 saturated carbocycles. The van der Waals surface area contributed by atoms with Crippen LogP contribution in [-0.4, -0.2) is 75.7 Å². The van der Waals surface area contributed by atoms with E-state index in [0.717, 1.165) is 25.2 Å². The summed E-state index contributed by atoms with van der Waals surface area (Å²) in [5, 5.41) is 14.5. The standard InChI is InChI=1S/C20H21ClN6O2/c21-17-3-1-2-4-18(17)29-14-13-26-9-11-27(12-10-26)20(28)16-7-5-15(6-8-16)19-22-24-25-23-19/h1-8H,9-14H2,(H,22,23,24,25). The van der Waals surface area contributed by atoms with E-state index in [-0.39, 0.29) is 5.91 Å². The maximum absolute atomic E-state index is 12.8. The lowest BCUT2D eigenvalue weighted by Crippen LogP contribution is -2.49. The minimum atomic E-state index is 0.0385. The minimum absolute atomic E-state index is 0.0385. The molecule has 150 valence electrons. The maximum atomic E-state index is 12.8. The Labute approximate surface area is 173 Å². The van der Waals surface area contributed by atoms with Gasteiger partial charge in [-0.25, -0.2) is 0 Å². The average molecular weight is 413 g/mol. The molecule has 1 N–H and O–H groups in total. The number of hydrogen-bond acceptors (Lipinski definition) is 6. The van der Waals surface area contributed by atoms with E-state index >= 15 is 0 Å². The van der Waals surface area contributed by atoms with Gasteiger partial charge < -0.3 is 9.64 Å². The van der Waals surface area contributed by atoms with Crippen LogP contribution in [0.25, 0.3) is 11.4 Å². The Morgan fingerprint density at radius 3 is 2.52 bits per heavy atom. The summed E-state index contributed by atoms with van der Waals surface area (Å²) in [5.74, 6) is 1.25. The molecule has 1 aliphatic rings. The summed E-state index contributed by atoms with van der Waals surface area (Å²) in [6.45, 7) is 4.38. The molecule has 2 heterocycles. The summed E-state index contributed by atoms with van der Waals surface area (Å²) in [6, 6.07) is 14.7. The number of hydrogen-bond donors (Lipinski definition) is 1. The van der Waals surface area contributed by atoms with Crippen molar-refractivity contribution in [3.8, 4) is 17.1 Å². The highest BCUT2D eigenvalue weighted by Gasteiger charge is 2.22. The van der Waals surface area contributed by atoms with Crippen molar-refractivity contribution in [2.24, 2.45) is 0 Å². The zero-order valence-corrected chi connectivity index (χ0v) is 16.5. The lowest BCUT2D eigenvalue weighted by molar-refractivity contribution is 0.0620. The van der Waals surface area contributed by atoms with Gasteiger partial charge in [0.15, 0.2) is 0 Å². The number of amides is 1. The number of ether oxygens (including phenoxy) is 1. The van der Waals surface area contributed by atoms with Gasteiger partial charge in [0.2, 0.25) is 5.82 Å². The number of benzene rings is 2. The van der Waals surface area contributed by atoms with E-state index in [1.807, 2.05) is 41.3 Å². The monoisotopic (exact) mass is 412 g/mol. The summed E-state index contributed by atoms with van der Waals surface area (Å²) < 4.78 is 5.75. The van der Waals surface area contributed by atoms with Crippen LogP contribution in [0.5, 0.6) is 5.75 Å². The number of carbonyl (C=O) groups is 1. The van der Waals surface area contributed by atoms with Crippen molar-refractivity contribution in [1.82, 2.24) is 30.4 Å². The topological polar surface area (TPSA) is 87.2 Å². The average Bonchev–Trinajstić information content (AvgIpc) is 3.30. The van der Waals surface area contributed by atoms with Gasteiger partial charge in [0.25, 0.3) is 5.91 Å². The number of nitrogens with one attached hydrogen (secondary N) is 1. The number of aromatic amines is 1. The molecule has 8 nitrogen and oxygen atoms in total. The first kappa shape index (κ1) is 19.4. The molecule has 0 aliphatic carbocycles. The van der Waals surface area contributed by atoms with Crippen molar-refractivity contribution in [3.63, 3.8) is 0 Å². The zero-order valence-electron chi connectivity index (χ0n) is 15.8. The fourth-order valence-electron chi connectivity index (χ4n) is 3.25. The van der Waals surface area contributed by atoms with Crippen LogP contribution in [0.2, 0.25) is 5.02 Å². The van der Waals surface area contributed by atoms with Gasteiger partial charge in [-0.2, -0.15) is 5.21 Å². The van der Waals surface area contributed by atoms with Crippen molar-refractivity contribution in [1.29, 1.82) is 0 Å². The van der Waals surface area contributed by atoms with Crippen LogP contribution in [0.4, 0.5) is 0 Å². The molecule has 2 aromatic carbocycles. The summed E-state index contributed by atoms with van der Waals surface area (Å²) >= 11 is 6.10. The zero-order chi connectivity index (χ0) is 20.1. The van der Waals surface area contributed by atoms with Crippen molar-refractivity contribution in [3.05, 3.63) is 59.1 Å². The van der Waals surface area contributed by atoms with Crippen molar-refractivity contribution in [2.45, 2.75) is 0 Å². The molecule has 1 aliphatic heterocycles. The first-order chi connectivity index (χ1) is 14.2. The quantitative estimate of drug-likeness (QED) is 0.668. The first-order valence-corrected chi connectivity index (χ1v) is 9.81. The van der Waals surface area contributed by atoms with E-state index in [2.05, 4.69) is 25.5 Å². The second kappa shape index (κ2) is 9.02. The summed E-state index contributed by atoms with van der Waals surface area (Å²) in [4.78, 5) is 16.9. The van der Waals surface area contributed by atoms with Crippen LogP contribution in [0.15, 0.2) is 48.5 Å². The molecule has 1 fully saturated rings. The number of nitrogens with zero attached hydrogens (tertiary/aromatic N) is 5. The van der Waals surface area contributed by atoms with Gasteiger partial charge in [0, 0.05) is 43.9 Å². The second-order valence-corrected chi connectivity index (χ2v) is 7.13. The van der Waals surface area contributed by atoms with Gasteiger partial charge in [0.05, 0.1) is 5.02 Å². The molecule has 0 spiro atoms. The Balaban J connectivity index is 1.25. The molecule has 1 saturated heterocycles. The number of halogens is 1. The predicted molar refractivity (Wildman–Crippen MR) is 109 cm³/mol. The molecule has 0 atom stereocenters. The Bertz CT molecular complexity index is 940. The molecule has 1 amide bonds. The molecule has 0 bridgehead atoms. The van der Waals surface area contributed by atoms with Gasteiger partial charge in [-0.05, 0) is 29.5 Å². The number of para-hydroxylation sites is 1. The molecule has 3 aromatic rings.